The second kappa shape index (κ2) is 14.0. The summed E-state index contributed by atoms with van der Waals surface area (Å²) in [5.41, 5.74) is 13.0. The fourth-order valence-electron chi connectivity index (χ4n) is 8.26. The van der Waals surface area contributed by atoms with Gasteiger partial charge in [-0.25, -0.2) is 19.9 Å². The van der Waals surface area contributed by atoms with Crippen molar-refractivity contribution in [1.82, 2.24) is 19.9 Å². The number of hydrogen-bond donors (Lipinski definition) is 0. The summed E-state index contributed by atoms with van der Waals surface area (Å²) >= 11 is 0. The van der Waals surface area contributed by atoms with Crippen LogP contribution in [-0.4, -0.2) is 19.9 Å². The van der Waals surface area contributed by atoms with Crippen molar-refractivity contribution in [1.29, 1.82) is 0 Å². The molecule has 0 radical (unpaired) electrons. The molecule has 3 heterocycles. The standard InChI is InChI=1S/C54H34N4/c1-4-14-35(15-5-1)46-32-30-40-28-29-41-31-33-47(56-53(41)52(40)55-46)38-24-26-39(27-25-38)50-42-20-10-12-22-44(42)51(45-23-13-11-21-43(45)50)54-57-48(36-16-6-2-7-17-36)34-49(58-54)37-18-8-3-9-19-37/h1-34H. The summed E-state index contributed by atoms with van der Waals surface area (Å²) in [5, 5.41) is 6.65. The lowest BCUT2D eigenvalue weighted by Gasteiger charge is -2.18. The molecule has 0 atom stereocenters. The van der Waals surface area contributed by atoms with Crippen LogP contribution in [0.2, 0.25) is 0 Å². The highest BCUT2D eigenvalue weighted by Gasteiger charge is 2.20. The maximum atomic E-state index is 5.29. The third-order valence-corrected chi connectivity index (χ3v) is 11.1. The maximum Gasteiger partial charge on any atom is 0.161 e. The molecule has 0 N–H and O–H groups in total. The number of hydrogen-bond acceptors (Lipinski definition) is 4. The molecule has 4 nitrogen and oxygen atoms in total. The second-order valence-corrected chi connectivity index (χ2v) is 14.6. The Morgan fingerprint density at radius 3 is 1.03 bits per heavy atom. The lowest BCUT2D eigenvalue weighted by molar-refractivity contribution is 1.19. The molecule has 0 fully saturated rings. The van der Waals surface area contributed by atoms with Gasteiger partial charge < -0.3 is 0 Å². The zero-order valence-corrected chi connectivity index (χ0v) is 31.4. The lowest BCUT2D eigenvalue weighted by Crippen LogP contribution is -1.98. The highest BCUT2D eigenvalue weighted by molar-refractivity contribution is 6.21. The van der Waals surface area contributed by atoms with Gasteiger partial charge in [0, 0.05) is 38.6 Å². The Morgan fingerprint density at radius 1 is 0.241 bits per heavy atom. The summed E-state index contributed by atoms with van der Waals surface area (Å²) in [4.78, 5) is 20.9. The smallest absolute Gasteiger partial charge is 0.161 e. The molecule has 4 heteroatoms. The minimum absolute atomic E-state index is 0.704. The van der Waals surface area contributed by atoms with Crippen LogP contribution in [-0.2, 0) is 0 Å². The van der Waals surface area contributed by atoms with Gasteiger partial charge in [0.15, 0.2) is 5.82 Å². The summed E-state index contributed by atoms with van der Waals surface area (Å²) in [6.45, 7) is 0. The average Bonchev–Trinajstić information content (AvgIpc) is 3.31. The molecule has 270 valence electrons. The molecular weight excluding hydrogens is 705 g/mol. The molecule has 0 saturated heterocycles. The van der Waals surface area contributed by atoms with Crippen LogP contribution in [0.15, 0.2) is 206 Å². The Labute approximate surface area is 335 Å². The third kappa shape index (κ3) is 5.87. The van der Waals surface area contributed by atoms with Gasteiger partial charge in [-0.05, 0) is 50.9 Å². The molecule has 0 amide bonds. The molecule has 58 heavy (non-hydrogen) atoms. The minimum atomic E-state index is 0.704. The first-order valence-corrected chi connectivity index (χ1v) is 19.6. The van der Waals surface area contributed by atoms with E-state index in [-0.39, 0.29) is 0 Å². The highest BCUT2D eigenvalue weighted by Crippen LogP contribution is 2.44. The predicted molar refractivity (Wildman–Crippen MR) is 240 cm³/mol. The molecule has 0 aliphatic heterocycles. The van der Waals surface area contributed by atoms with Gasteiger partial charge in [-0.1, -0.05) is 188 Å². The van der Waals surface area contributed by atoms with E-state index in [1.807, 2.05) is 30.3 Å². The van der Waals surface area contributed by atoms with Crippen LogP contribution in [0.3, 0.4) is 0 Å². The van der Waals surface area contributed by atoms with Crippen molar-refractivity contribution >= 4 is 43.4 Å². The molecule has 0 aliphatic carbocycles. The number of aromatic nitrogens is 4. The normalized spacial score (nSPS) is 11.4. The van der Waals surface area contributed by atoms with Crippen molar-refractivity contribution in [3.05, 3.63) is 206 Å². The first-order valence-electron chi connectivity index (χ1n) is 19.6. The van der Waals surface area contributed by atoms with Crippen molar-refractivity contribution in [3.63, 3.8) is 0 Å². The third-order valence-electron chi connectivity index (χ3n) is 11.1. The van der Waals surface area contributed by atoms with Crippen molar-refractivity contribution in [3.8, 4) is 67.5 Å². The summed E-state index contributed by atoms with van der Waals surface area (Å²) in [6, 6.07) is 72.0. The Balaban J connectivity index is 1.05. The fraction of sp³-hybridized carbons (Fsp3) is 0. The molecule has 0 spiro atoms. The van der Waals surface area contributed by atoms with E-state index in [0.29, 0.717) is 5.82 Å². The van der Waals surface area contributed by atoms with Crippen LogP contribution in [0.4, 0.5) is 0 Å². The summed E-state index contributed by atoms with van der Waals surface area (Å²) in [5.74, 6) is 0.704. The summed E-state index contributed by atoms with van der Waals surface area (Å²) in [7, 11) is 0. The van der Waals surface area contributed by atoms with Gasteiger partial charge in [-0.3, -0.25) is 0 Å². The first kappa shape index (κ1) is 33.5. The van der Waals surface area contributed by atoms with E-state index in [2.05, 4.69) is 176 Å². The molecule has 8 aromatic carbocycles. The fourth-order valence-corrected chi connectivity index (χ4v) is 8.26. The second-order valence-electron chi connectivity index (χ2n) is 14.6. The minimum Gasteiger partial charge on any atom is -0.245 e. The van der Waals surface area contributed by atoms with Crippen molar-refractivity contribution < 1.29 is 0 Å². The number of nitrogens with zero attached hydrogens (tertiary/aromatic N) is 4. The van der Waals surface area contributed by atoms with Gasteiger partial charge >= 0.3 is 0 Å². The highest BCUT2D eigenvalue weighted by atomic mass is 14.9. The van der Waals surface area contributed by atoms with Gasteiger partial charge in [0.2, 0.25) is 0 Å². The molecule has 0 saturated carbocycles. The van der Waals surface area contributed by atoms with Crippen LogP contribution >= 0.6 is 0 Å². The molecule has 11 aromatic rings. The maximum absolute atomic E-state index is 5.29. The Kier molecular flexibility index (Phi) is 8.11. The van der Waals surface area contributed by atoms with Crippen LogP contribution in [0.5, 0.6) is 0 Å². The van der Waals surface area contributed by atoms with E-state index in [1.165, 1.54) is 5.56 Å². The summed E-state index contributed by atoms with van der Waals surface area (Å²) < 4.78 is 0. The monoisotopic (exact) mass is 738 g/mol. The van der Waals surface area contributed by atoms with Crippen LogP contribution < -0.4 is 0 Å². The van der Waals surface area contributed by atoms with Gasteiger partial charge in [0.05, 0.1) is 33.8 Å². The quantitative estimate of drug-likeness (QED) is 0.126. The van der Waals surface area contributed by atoms with Crippen molar-refractivity contribution in [2.24, 2.45) is 0 Å². The number of benzene rings is 8. The van der Waals surface area contributed by atoms with E-state index >= 15 is 0 Å². The van der Waals surface area contributed by atoms with Crippen LogP contribution in [0.25, 0.3) is 111 Å². The molecule has 11 rings (SSSR count). The zero-order chi connectivity index (χ0) is 38.4. The van der Waals surface area contributed by atoms with Gasteiger partial charge in [-0.2, -0.15) is 0 Å². The number of fused-ring (bicyclic) bond motifs is 5. The van der Waals surface area contributed by atoms with Crippen LogP contribution in [0.1, 0.15) is 0 Å². The Morgan fingerprint density at radius 2 is 0.586 bits per heavy atom. The lowest BCUT2D eigenvalue weighted by atomic mass is 9.87. The zero-order valence-electron chi connectivity index (χ0n) is 31.4. The SMILES string of the molecule is c1ccc(-c2cc(-c3ccccc3)nc(-c3c4ccccc4c(-c4ccc(-c5ccc6ccc7ccc(-c8ccccc8)nc7c6n5)cc4)c4ccccc34)n2)cc1. The van der Waals surface area contributed by atoms with Crippen LogP contribution in [0, 0.1) is 0 Å². The van der Waals surface area contributed by atoms with Gasteiger partial charge in [-0.15, -0.1) is 0 Å². The topological polar surface area (TPSA) is 51.6 Å². The summed E-state index contributed by atoms with van der Waals surface area (Å²) in [6.07, 6.45) is 0. The number of pyridine rings is 2. The Hall–Kier alpha value is -7.82. The van der Waals surface area contributed by atoms with E-state index in [0.717, 1.165) is 99.5 Å². The van der Waals surface area contributed by atoms with E-state index in [4.69, 9.17) is 19.9 Å². The molecule has 0 bridgehead atoms. The van der Waals surface area contributed by atoms with E-state index < -0.39 is 0 Å². The Bertz CT molecular complexity index is 3190. The van der Waals surface area contributed by atoms with E-state index in [1.54, 1.807) is 0 Å². The van der Waals surface area contributed by atoms with Crippen molar-refractivity contribution in [2.75, 3.05) is 0 Å². The van der Waals surface area contributed by atoms with E-state index in [9.17, 15) is 0 Å². The molecule has 3 aromatic heterocycles. The van der Waals surface area contributed by atoms with Gasteiger partial charge in [0.25, 0.3) is 0 Å². The largest absolute Gasteiger partial charge is 0.245 e. The molecular formula is C54H34N4. The average molecular weight is 739 g/mol. The first-order chi connectivity index (χ1) is 28.7. The number of rotatable bonds is 6. The predicted octanol–water partition coefficient (Wildman–Crippen LogP) is 13.9. The van der Waals surface area contributed by atoms with Crippen molar-refractivity contribution in [2.45, 2.75) is 0 Å². The molecule has 0 unspecified atom stereocenters. The van der Waals surface area contributed by atoms with Gasteiger partial charge in [0.1, 0.15) is 0 Å². The molecule has 0 aliphatic rings.